The van der Waals surface area contributed by atoms with Gasteiger partial charge in [-0.2, -0.15) is 0 Å². The zero-order chi connectivity index (χ0) is 12.3. The van der Waals surface area contributed by atoms with Crippen LogP contribution in [0.3, 0.4) is 0 Å². The van der Waals surface area contributed by atoms with E-state index in [1.54, 1.807) is 24.3 Å². The molecule has 1 nitrogen and oxygen atoms in total. The summed E-state index contributed by atoms with van der Waals surface area (Å²) in [5, 5.41) is 0. The van der Waals surface area contributed by atoms with Crippen molar-refractivity contribution >= 4 is 0 Å². The van der Waals surface area contributed by atoms with E-state index in [-0.39, 0.29) is 11.6 Å². The molecule has 0 amide bonds. The highest BCUT2D eigenvalue weighted by atomic mass is 19.1. The van der Waals surface area contributed by atoms with E-state index < -0.39 is 0 Å². The third-order valence-corrected chi connectivity index (χ3v) is 2.62. The molecule has 3 heteroatoms. The summed E-state index contributed by atoms with van der Waals surface area (Å²) in [7, 11) is 0. The molecule has 0 saturated heterocycles. The molecule has 2 aromatic carbocycles. The molecule has 0 fully saturated rings. The highest BCUT2D eigenvalue weighted by Gasteiger charge is 2.06. The lowest BCUT2D eigenvalue weighted by Gasteiger charge is -2.06. The van der Waals surface area contributed by atoms with Crippen molar-refractivity contribution in [3.05, 3.63) is 59.7 Å². The van der Waals surface area contributed by atoms with Crippen molar-refractivity contribution in [2.75, 3.05) is 6.54 Å². The average molecular weight is 233 g/mol. The van der Waals surface area contributed by atoms with Gasteiger partial charge < -0.3 is 5.73 Å². The SMILES string of the molecule is NCCc1ccc(F)c(-c2ccc(F)cc2)c1. The van der Waals surface area contributed by atoms with Gasteiger partial charge in [-0.3, -0.25) is 0 Å². The third kappa shape index (κ3) is 2.68. The van der Waals surface area contributed by atoms with E-state index in [0.717, 1.165) is 5.56 Å². The molecular weight excluding hydrogens is 220 g/mol. The van der Waals surface area contributed by atoms with Gasteiger partial charge in [-0.05, 0) is 48.4 Å². The van der Waals surface area contributed by atoms with Crippen LogP contribution in [0.1, 0.15) is 5.56 Å². The Morgan fingerprint density at radius 3 is 2.29 bits per heavy atom. The molecule has 0 heterocycles. The van der Waals surface area contributed by atoms with Gasteiger partial charge in [0.05, 0.1) is 0 Å². The molecule has 17 heavy (non-hydrogen) atoms. The second kappa shape index (κ2) is 5.06. The highest BCUT2D eigenvalue weighted by Crippen LogP contribution is 2.24. The Bertz CT molecular complexity index is 506. The van der Waals surface area contributed by atoms with E-state index in [2.05, 4.69) is 0 Å². The van der Waals surface area contributed by atoms with Gasteiger partial charge in [-0.15, -0.1) is 0 Å². The molecule has 2 N–H and O–H groups in total. The van der Waals surface area contributed by atoms with Crippen LogP contribution >= 0.6 is 0 Å². The van der Waals surface area contributed by atoms with Crippen LogP contribution in [-0.2, 0) is 6.42 Å². The molecular formula is C14H13F2N. The van der Waals surface area contributed by atoms with Crippen LogP contribution < -0.4 is 5.73 Å². The normalized spacial score (nSPS) is 10.5. The molecule has 0 aliphatic carbocycles. The van der Waals surface area contributed by atoms with Gasteiger partial charge in [0.15, 0.2) is 0 Å². The molecule has 0 atom stereocenters. The monoisotopic (exact) mass is 233 g/mol. The highest BCUT2D eigenvalue weighted by molar-refractivity contribution is 5.64. The van der Waals surface area contributed by atoms with E-state index in [0.29, 0.717) is 24.1 Å². The third-order valence-electron chi connectivity index (χ3n) is 2.62. The molecule has 88 valence electrons. The first-order chi connectivity index (χ1) is 8.20. The second-order valence-corrected chi connectivity index (χ2v) is 3.86. The van der Waals surface area contributed by atoms with E-state index >= 15 is 0 Å². The van der Waals surface area contributed by atoms with E-state index in [4.69, 9.17) is 5.73 Å². The molecule has 0 bridgehead atoms. The van der Waals surface area contributed by atoms with Crippen LogP contribution in [0.4, 0.5) is 8.78 Å². The van der Waals surface area contributed by atoms with E-state index in [1.165, 1.54) is 18.2 Å². The van der Waals surface area contributed by atoms with Gasteiger partial charge in [-0.25, -0.2) is 8.78 Å². The van der Waals surface area contributed by atoms with Crippen molar-refractivity contribution in [3.63, 3.8) is 0 Å². The molecule has 0 saturated carbocycles. The molecule has 2 rings (SSSR count). The Kier molecular flexibility index (Phi) is 3.49. The fourth-order valence-corrected chi connectivity index (χ4v) is 1.75. The van der Waals surface area contributed by atoms with Crippen LogP contribution in [0.5, 0.6) is 0 Å². The summed E-state index contributed by atoms with van der Waals surface area (Å²) >= 11 is 0. The van der Waals surface area contributed by atoms with Gasteiger partial charge in [0.25, 0.3) is 0 Å². The van der Waals surface area contributed by atoms with E-state index in [1.807, 2.05) is 0 Å². The summed E-state index contributed by atoms with van der Waals surface area (Å²) in [6.45, 7) is 0.522. The van der Waals surface area contributed by atoms with Crippen molar-refractivity contribution in [2.24, 2.45) is 5.73 Å². The minimum Gasteiger partial charge on any atom is -0.330 e. The first-order valence-corrected chi connectivity index (χ1v) is 5.45. The zero-order valence-electron chi connectivity index (χ0n) is 9.29. The minimum absolute atomic E-state index is 0.308. The fourth-order valence-electron chi connectivity index (χ4n) is 1.75. The molecule has 0 spiro atoms. The number of benzene rings is 2. The minimum atomic E-state index is -0.327. The Morgan fingerprint density at radius 2 is 1.65 bits per heavy atom. The molecule has 0 radical (unpaired) electrons. The van der Waals surface area contributed by atoms with Crippen molar-refractivity contribution in [2.45, 2.75) is 6.42 Å². The lowest BCUT2D eigenvalue weighted by molar-refractivity contribution is 0.625. The fraction of sp³-hybridized carbons (Fsp3) is 0.143. The average Bonchev–Trinajstić information content (AvgIpc) is 2.33. The van der Waals surface area contributed by atoms with Crippen molar-refractivity contribution in [3.8, 4) is 11.1 Å². The zero-order valence-corrected chi connectivity index (χ0v) is 9.29. The van der Waals surface area contributed by atoms with Gasteiger partial charge in [0, 0.05) is 5.56 Å². The van der Waals surface area contributed by atoms with Gasteiger partial charge in [0.2, 0.25) is 0 Å². The number of hydrogen-bond acceptors (Lipinski definition) is 1. The second-order valence-electron chi connectivity index (χ2n) is 3.86. The van der Waals surface area contributed by atoms with Crippen LogP contribution in [0.15, 0.2) is 42.5 Å². The Labute approximate surface area is 98.9 Å². The van der Waals surface area contributed by atoms with E-state index in [9.17, 15) is 8.78 Å². The van der Waals surface area contributed by atoms with Gasteiger partial charge >= 0.3 is 0 Å². The number of nitrogens with two attached hydrogens (primary N) is 1. The first kappa shape index (κ1) is 11.7. The molecule has 0 aromatic heterocycles. The Morgan fingerprint density at radius 1 is 0.941 bits per heavy atom. The maximum Gasteiger partial charge on any atom is 0.131 e. The maximum absolute atomic E-state index is 13.7. The molecule has 0 aliphatic heterocycles. The summed E-state index contributed by atoms with van der Waals surface area (Å²) in [4.78, 5) is 0. The van der Waals surface area contributed by atoms with Crippen LogP contribution in [0.2, 0.25) is 0 Å². The molecule has 0 unspecified atom stereocenters. The van der Waals surface area contributed by atoms with Crippen molar-refractivity contribution in [1.29, 1.82) is 0 Å². The van der Waals surface area contributed by atoms with Gasteiger partial charge in [-0.1, -0.05) is 18.2 Å². The maximum atomic E-state index is 13.7. The lowest BCUT2D eigenvalue weighted by Crippen LogP contribution is -2.03. The summed E-state index contributed by atoms with van der Waals surface area (Å²) in [5.74, 6) is -0.635. The number of hydrogen-bond donors (Lipinski definition) is 1. The van der Waals surface area contributed by atoms with Crippen LogP contribution in [0.25, 0.3) is 11.1 Å². The lowest BCUT2D eigenvalue weighted by atomic mass is 10.0. The summed E-state index contributed by atoms with van der Waals surface area (Å²) in [6.07, 6.45) is 0.703. The Hall–Kier alpha value is -1.74. The topological polar surface area (TPSA) is 26.0 Å². The quantitative estimate of drug-likeness (QED) is 0.866. The molecule has 0 aliphatic rings. The Balaban J connectivity index is 2.42. The molecule has 2 aromatic rings. The predicted octanol–water partition coefficient (Wildman–Crippen LogP) is 3.13. The van der Waals surface area contributed by atoms with Crippen molar-refractivity contribution in [1.82, 2.24) is 0 Å². The van der Waals surface area contributed by atoms with Crippen molar-refractivity contribution < 1.29 is 8.78 Å². The summed E-state index contributed by atoms with van der Waals surface area (Å²) in [5.41, 5.74) is 7.60. The predicted molar refractivity (Wildman–Crippen MR) is 64.6 cm³/mol. The number of rotatable bonds is 3. The van der Waals surface area contributed by atoms with Crippen LogP contribution in [0, 0.1) is 11.6 Å². The number of halogens is 2. The largest absolute Gasteiger partial charge is 0.330 e. The standard InChI is InChI=1S/C14H13F2N/c15-12-4-2-11(3-5-12)13-9-10(7-8-17)1-6-14(13)16/h1-6,9H,7-8,17H2. The summed E-state index contributed by atoms with van der Waals surface area (Å²) in [6, 6.07) is 10.7. The van der Waals surface area contributed by atoms with Gasteiger partial charge in [0.1, 0.15) is 11.6 Å². The summed E-state index contributed by atoms with van der Waals surface area (Å²) < 4.78 is 26.5. The smallest absolute Gasteiger partial charge is 0.131 e. The first-order valence-electron chi connectivity index (χ1n) is 5.45. The van der Waals surface area contributed by atoms with Crippen LogP contribution in [-0.4, -0.2) is 6.54 Å².